The Balaban J connectivity index is 3.93. The molecule has 0 amide bonds. The highest BCUT2D eigenvalue weighted by atomic mass is 16.5. The number of hydrogen-bond donors (Lipinski definition) is 1. The van der Waals surface area contributed by atoms with Gasteiger partial charge in [0.15, 0.2) is 0 Å². The van der Waals surface area contributed by atoms with E-state index in [1.54, 1.807) is 7.11 Å². The molecule has 0 aliphatic carbocycles. The molecule has 0 heterocycles. The Kier molecular flexibility index (Phi) is 10.4. The van der Waals surface area contributed by atoms with Crippen LogP contribution in [0, 0.1) is 5.92 Å². The monoisotopic (exact) mass is 215 g/mol. The molecule has 15 heavy (non-hydrogen) atoms. The molecule has 0 aromatic rings. The molecule has 2 nitrogen and oxygen atoms in total. The number of rotatable bonds is 10. The lowest BCUT2D eigenvalue weighted by Gasteiger charge is -2.26. The fourth-order valence-corrected chi connectivity index (χ4v) is 2.35. The highest BCUT2D eigenvalue weighted by Gasteiger charge is 2.17. The molecule has 0 radical (unpaired) electrons. The van der Waals surface area contributed by atoms with E-state index in [0.717, 1.165) is 12.5 Å². The Labute approximate surface area is 95.8 Å². The second-order valence-corrected chi connectivity index (χ2v) is 4.37. The van der Waals surface area contributed by atoms with Gasteiger partial charge < -0.3 is 10.1 Å². The Bertz CT molecular complexity index is 122. The first kappa shape index (κ1) is 14.9. The Hall–Kier alpha value is -0.0800. The van der Waals surface area contributed by atoms with Gasteiger partial charge in [0.2, 0.25) is 0 Å². The van der Waals surface area contributed by atoms with Crippen LogP contribution in [0.3, 0.4) is 0 Å². The first-order chi connectivity index (χ1) is 7.29. The summed E-state index contributed by atoms with van der Waals surface area (Å²) in [4.78, 5) is 0. The fourth-order valence-electron chi connectivity index (χ4n) is 2.35. The van der Waals surface area contributed by atoms with Gasteiger partial charge in [0, 0.05) is 19.8 Å². The fraction of sp³-hybridized carbons (Fsp3) is 1.00. The van der Waals surface area contributed by atoms with Crippen LogP contribution in [0.15, 0.2) is 0 Å². The van der Waals surface area contributed by atoms with Crippen molar-refractivity contribution < 1.29 is 4.74 Å². The maximum absolute atomic E-state index is 5.11. The molecule has 0 saturated heterocycles. The lowest BCUT2D eigenvalue weighted by atomic mass is 9.88. The van der Waals surface area contributed by atoms with E-state index in [2.05, 4.69) is 26.2 Å². The summed E-state index contributed by atoms with van der Waals surface area (Å²) in [5, 5.41) is 3.48. The van der Waals surface area contributed by atoms with Gasteiger partial charge in [-0.25, -0.2) is 0 Å². The van der Waals surface area contributed by atoms with Crippen LogP contribution < -0.4 is 5.32 Å². The maximum atomic E-state index is 5.11. The van der Waals surface area contributed by atoms with Crippen LogP contribution in [-0.4, -0.2) is 26.8 Å². The van der Waals surface area contributed by atoms with Gasteiger partial charge in [0.05, 0.1) is 0 Å². The average Bonchev–Trinajstić information content (AvgIpc) is 2.24. The molecule has 0 aliphatic rings. The molecular formula is C13H29NO. The normalized spacial score (nSPS) is 13.4. The zero-order valence-corrected chi connectivity index (χ0v) is 11.0. The molecule has 1 N–H and O–H groups in total. The third-order valence-corrected chi connectivity index (χ3v) is 3.12. The summed E-state index contributed by atoms with van der Waals surface area (Å²) >= 11 is 0. The predicted molar refractivity (Wildman–Crippen MR) is 67.3 cm³/mol. The molecule has 92 valence electrons. The van der Waals surface area contributed by atoms with Crippen LogP contribution in [0.1, 0.15) is 52.4 Å². The van der Waals surface area contributed by atoms with Crippen LogP contribution in [0.5, 0.6) is 0 Å². The van der Waals surface area contributed by atoms with Crippen molar-refractivity contribution in [3.63, 3.8) is 0 Å². The van der Waals surface area contributed by atoms with Crippen molar-refractivity contribution >= 4 is 0 Å². The topological polar surface area (TPSA) is 21.3 Å². The van der Waals surface area contributed by atoms with Crippen molar-refractivity contribution in [2.24, 2.45) is 5.92 Å². The van der Waals surface area contributed by atoms with Crippen molar-refractivity contribution in [3.05, 3.63) is 0 Å². The van der Waals surface area contributed by atoms with E-state index < -0.39 is 0 Å². The first-order valence-corrected chi connectivity index (χ1v) is 6.46. The molecule has 0 aromatic heterocycles. The van der Waals surface area contributed by atoms with E-state index in [0.29, 0.717) is 6.04 Å². The number of ether oxygens (including phenoxy) is 1. The van der Waals surface area contributed by atoms with Gasteiger partial charge in [0.25, 0.3) is 0 Å². The quantitative estimate of drug-likeness (QED) is 0.565. The smallest absolute Gasteiger partial charge is 0.0462 e. The summed E-state index contributed by atoms with van der Waals surface area (Å²) in [6.45, 7) is 5.46. The third kappa shape index (κ3) is 6.91. The molecule has 1 atom stereocenters. The van der Waals surface area contributed by atoms with Crippen LogP contribution in [0.25, 0.3) is 0 Å². The van der Waals surface area contributed by atoms with Gasteiger partial charge in [-0.3, -0.25) is 0 Å². The van der Waals surface area contributed by atoms with Gasteiger partial charge in [-0.1, -0.05) is 26.7 Å². The second kappa shape index (κ2) is 10.4. The molecular weight excluding hydrogens is 186 g/mol. The minimum atomic E-state index is 0.681. The van der Waals surface area contributed by atoms with E-state index in [9.17, 15) is 0 Å². The van der Waals surface area contributed by atoms with Gasteiger partial charge in [-0.2, -0.15) is 0 Å². The van der Waals surface area contributed by atoms with Crippen molar-refractivity contribution in [2.45, 2.75) is 58.4 Å². The Morgan fingerprint density at radius 1 is 1.07 bits per heavy atom. The lowest BCUT2D eigenvalue weighted by molar-refractivity contribution is 0.182. The van der Waals surface area contributed by atoms with Crippen LogP contribution in [0.4, 0.5) is 0 Å². The molecule has 0 bridgehead atoms. The van der Waals surface area contributed by atoms with Gasteiger partial charge in [-0.05, 0) is 38.6 Å². The third-order valence-electron chi connectivity index (χ3n) is 3.12. The molecule has 0 fully saturated rings. The molecule has 0 aromatic carbocycles. The highest BCUT2D eigenvalue weighted by molar-refractivity contribution is 4.74. The Morgan fingerprint density at radius 2 is 1.67 bits per heavy atom. The average molecular weight is 215 g/mol. The number of methoxy groups -OCH3 is 1. The largest absolute Gasteiger partial charge is 0.385 e. The van der Waals surface area contributed by atoms with Crippen LogP contribution in [0.2, 0.25) is 0 Å². The molecule has 2 heteroatoms. The molecule has 1 unspecified atom stereocenters. The second-order valence-electron chi connectivity index (χ2n) is 4.37. The lowest BCUT2D eigenvalue weighted by Crippen LogP contribution is -2.33. The van der Waals surface area contributed by atoms with Gasteiger partial charge >= 0.3 is 0 Å². The predicted octanol–water partition coefficient (Wildman–Crippen LogP) is 3.22. The van der Waals surface area contributed by atoms with Crippen molar-refractivity contribution in [2.75, 3.05) is 20.8 Å². The van der Waals surface area contributed by atoms with E-state index in [4.69, 9.17) is 4.74 Å². The van der Waals surface area contributed by atoms with Gasteiger partial charge in [0.1, 0.15) is 0 Å². The minimum Gasteiger partial charge on any atom is -0.385 e. The highest BCUT2D eigenvalue weighted by Crippen LogP contribution is 2.20. The van der Waals surface area contributed by atoms with Crippen LogP contribution >= 0.6 is 0 Å². The summed E-state index contributed by atoms with van der Waals surface area (Å²) in [7, 11) is 3.87. The zero-order chi connectivity index (χ0) is 11.5. The first-order valence-electron chi connectivity index (χ1n) is 6.46. The van der Waals surface area contributed by atoms with Gasteiger partial charge in [-0.15, -0.1) is 0 Å². The van der Waals surface area contributed by atoms with E-state index in [1.807, 2.05) is 0 Å². The SMILES string of the molecule is CCCC(CCC)C(CCCOC)NC. The summed E-state index contributed by atoms with van der Waals surface area (Å²) < 4.78 is 5.11. The summed E-state index contributed by atoms with van der Waals surface area (Å²) in [5.41, 5.74) is 0. The summed E-state index contributed by atoms with van der Waals surface area (Å²) in [5.74, 6) is 0.849. The molecule has 0 aliphatic heterocycles. The van der Waals surface area contributed by atoms with Crippen molar-refractivity contribution in [1.29, 1.82) is 0 Å². The molecule has 0 spiro atoms. The van der Waals surface area contributed by atoms with E-state index >= 15 is 0 Å². The number of nitrogens with one attached hydrogen (secondary N) is 1. The number of hydrogen-bond acceptors (Lipinski definition) is 2. The van der Waals surface area contributed by atoms with Crippen molar-refractivity contribution in [1.82, 2.24) is 5.32 Å². The van der Waals surface area contributed by atoms with Crippen LogP contribution in [-0.2, 0) is 4.74 Å². The molecule has 0 rings (SSSR count). The maximum Gasteiger partial charge on any atom is 0.0462 e. The summed E-state index contributed by atoms with van der Waals surface area (Å²) in [6, 6.07) is 0.681. The standard InChI is InChI=1S/C13H29NO/c1-5-8-12(9-6-2)13(14-3)10-7-11-15-4/h12-14H,5-11H2,1-4H3. The summed E-state index contributed by atoms with van der Waals surface area (Å²) in [6.07, 6.45) is 7.72. The molecule has 0 saturated carbocycles. The minimum absolute atomic E-state index is 0.681. The zero-order valence-electron chi connectivity index (χ0n) is 11.0. The van der Waals surface area contributed by atoms with Crippen molar-refractivity contribution in [3.8, 4) is 0 Å². The Morgan fingerprint density at radius 3 is 2.07 bits per heavy atom. The van der Waals surface area contributed by atoms with E-state index in [-0.39, 0.29) is 0 Å². The van der Waals surface area contributed by atoms with E-state index in [1.165, 1.54) is 38.5 Å².